The van der Waals surface area contributed by atoms with Gasteiger partial charge in [-0.3, -0.25) is 0 Å². The normalized spacial score (nSPS) is 31.1. The number of benzene rings is 1. The van der Waals surface area contributed by atoms with E-state index in [1.54, 1.807) is 0 Å². The predicted molar refractivity (Wildman–Crippen MR) is 86.2 cm³/mol. The van der Waals surface area contributed by atoms with Crippen molar-refractivity contribution < 1.29 is 4.74 Å². The van der Waals surface area contributed by atoms with Crippen LogP contribution in [0.1, 0.15) is 69.2 Å². The van der Waals surface area contributed by atoms with Crippen LogP contribution in [0, 0.1) is 0 Å². The van der Waals surface area contributed by atoms with Gasteiger partial charge in [-0.1, -0.05) is 38.1 Å². The summed E-state index contributed by atoms with van der Waals surface area (Å²) in [5.74, 6) is 0. The van der Waals surface area contributed by atoms with Crippen molar-refractivity contribution in [1.29, 1.82) is 0 Å². The van der Waals surface area contributed by atoms with Gasteiger partial charge in [-0.25, -0.2) is 0 Å². The molecule has 0 amide bonds. The number of ether oxygens (including phenoxy) is 1. The Bertz CT molecular complexity index is 484. The number of nitrogens with two attached hydrogens (primary N) is 1. The summed E-state index contributed by atoms with van der Waals surface area (Å²) < 4.78 is 6.08. The second kappa shape index (κ2) is 6.07. The highest BCUT2D eigenvalue weighted by atomic mass is 16.5. The van der Waals surface area contributed by atoms with Crippen LogP contribution in [0.25, 0.3) is 0 Å². The molecule has 1 saturated heterocycles. The van der Waals surface area contributed by atoms with Crippen LogP contribution in [-0.2, 0) is 4.74 Å². The van der Waals surface area contributed by atoms with Gasteiger partial charge >= 0.3 is 0 Å². The second-order valence-corrected chi connectivity index (χ2v) is 6.62. The van der Waals surface area contributed by atoms with Gasteiger partial charge < -0.3 is 15.8 Å². The summed E-state index contributed by atoms with van der Waals surface area (Å²) in [4.78, 5) is 0. The lowest BCUT2D eigenvalue weighted by molar-refractivity contribution is -0.0941. The van der Waals surface area contributed by atoms with Crippen LogP contribution in [0.2, 0.25) is 0 Å². The molecule has 0 bridgehead atoms. The van der Waals surface area contributed by atoms with Crippen LogP contribution in [-0.4, -0.2) is 18.2 Å². The molecule has 1 aromatic rings. The van der Waals surface area contributed by atoms with Crippen LogP contribution in [0.3, 0.4) is 0 Å². The van der Waals surface area contributed by atoms with E-state index in [-0.39, 0.29) is 11.6 Å². The zero-order valence-electron chi connectivity index (χ0n) is 13.3. The molecule has 1 aliphatic carbocycles. The average Bonchev–Trinajstić information content (AvgIpc) is 2.84. The third-order valence-electron chi connectivity index (χ3n) is 5.48. The van der Waals surface area contributed by atoms with Crippen molar-refractivity contribution in [2.45, 2.75) is 69.7 Å². The number of hydrogen-bond donors (Lipinski definition) is 2. The molecule has 0 aromatic heterocycles. The molecule has 0 radical (unpaired) electrons. The Kier molecular flexibility index (Phi) is 4.34. The molecule has 2 aliphatic rings. The Morgan fingerprint density at radius 1 is 1.24 bits per heavy atom. The SMILES string of the molecule is CCC1(CC)CC(NC2CC(N)c3ccccc32)CCO1. The standard InChI is InChI=1S/C18H28N2O/c1-3-18(4-2)12-13(9-10-21-18)20-17-11-16(19)14-7-5-6-8-15(14)17/h5-8,13,16-17,20H,3-4,9-12,19H2,1-2H3. The lowest BCUT2D eigenvalue weighted by Gasteiger charge is -2.41. The molecule has 3 nitrogen and oxygen atoms in total. The molecule has 3 N–H and O–H groups in total. The molecule has 1 fully saturated rings. The average molecular weight is 288 g/mol. The fourth-order valence-electron chi connectivity index (χ4n) is 4.03. The quantitative estimate of drug-likeness (QED) is 0.892. The molecule has 1 aromatic carbocycles. The first kappa shape index (κ1) is 15.0. The van der Waals surface area contributed by atoms with Crippen molar-refractivity contribution in [2.75, 3.05) is 6.61 Å². The first-order chi connectivity index (χ1) is 10.2. The van der Waals surface area contributed by atoms with E-state index in [0.717, 1.165) is 38.7 Å². The van der Waals surface area contributed by atoms with Gasteiger partial charge in [-0.15, -0.1) is 0 Å². The molecule has 0 saturated carbocycles. The van der Waals surface area contributed by atoms with Crippen molar-refractivity contribution in [1.82, 2.24) is 5.32 Å². The molecule has 3 heteroatoms. The number of hydrogen-bond acceptors (Lipinski definition) is 3. The molecule has 3 rings (SSSR count). The summed E-state index contributed by atoms with van der Waals surface area (Å²) in [6, 6.07) is 9.75. The lowest BCUT2D eigenvalue weighted by atomic mass is 9.85. The molecule has 1 heterocycles. The van der Waals surface area contributed by atoms with Gasteiger partial charge in [0.15, 0.2) is 0 Å². The van der Waals surface area contributed by atoms with Gasteiger partial charge in [0.25, 0.3) is 0 Å². The number of nitrogens with one attached hydrogen (secondary N) is 1. The van der Waals surface area contributed by atoms with Crippen molar-refractivity contribution >= 4 is 0 Å². The Morgan fingerprint density at radius 3 is 2.67 bits per heavy atom. The van der Waals surface area contributed by atoms with Gasteiger partial charge in [0.1, 0.15) is 0 Å². The minimum atomic E-state index is 0.0795. The topological polar surface area (TPSA) is 47.3 Å². The van der Waals surface area contributed by atoms with Gasteiger partial charge in [0, 0.05) is 24.7 Å². The zero-order chi connectivity index (χ0) is 14.9. The van der Waals surface area contributed by atoms with E-state index in [1.165, 1.54) is 11.1 Å². The van der Waals surface area contributed by atoms with Gasteiger partial charge in [-0.05, 0) is 43.2 Å². The fourth-order valence-corrected chi connectivity index (χ4v) is 4.03. The summed E-state index contributed by atoms with van der Waals surface area (Å²) in [6.07, 6.45) is 5.44. The minimum absolute atomic E-state index is 0.0795. The molecular weight excluding hydrogens is 260 g/mol. The van der Waals surface area contributed by atoms with E-state index < -0.39 is 0 Å². The minimum Gasteiger partial charge on any atom is -0.375 e. The summed E-state index contributed by atoms with van der Waals surface area (Å²) >= 11 is 0. The fraction of sp³-hybridized carbons (Fsp3) is 0.667. The first-order valence-corrected chi connectivity index (χ1v) is 8.42. The second-order valence-electron chi connectivity index (χ2n) is 6.62. The summed E-state index contributed by atoms with van der Waals surface area (Å²) in [5.41, 5.74) is 9.08. The molecule has 0 spiro atoms. The van der Waals surface area contributed by atoms with Crippen molar-refractivity contribution in [3.63, 3.8) is 0 Å². The van der Waals surface area contributed by atoms with Crippen molar-refractivity contribution in [3.05, 3.63) is 35.4 Å². The molecular formula is C18H28N2O. The van der Waals surface area contributed by atoms with Crippen LogP contribution in [0.5, 0.6) is 0 Å². The third-order valence-corrected chi connectivity index (χ3v) is 5.48. The van der Waals surface area contributed by atoms with Gasteiger partial charge in [0.2, 0.25) is 0 Å². The molecule has 1 aliphatic heterocycles. The van der Waals surface area contributed by atoms with Crippen LogP contribution >= 0.6 is 0 Å². The third kappa shape index (κ3) is 2.87. The molecule has 3 atom stereocenters. The molecule has 3 unspecified atom stereocenters. The van der Waals surface area contributed by atoms with Crippen LogP contribution < -0.4 is 11.1 Å². The van der Waals surface area contributed by atoms with Gasteiger partial charge in [-0.2, -0.15) is 0 Å². The van der Waals surface area contributed by atoms with E-state index in [0.29, 0.717) is 12.1 Å². The smallest absolute Gasteiger partial charge is 0.0692 e. The highest BCUT2D eigenvalue weighted by molar-refractivity contribution is 5.37. The van der Waals surface area contributed by atoms with Crippen LogP contribution in [0.4, 0.5) is 0 Å². The monoisotopic (exact) mass is 288 g/mol. The zero-order valence-corrected chi connectivity index (χ0v) is 13.3. The van der Waals surface area contributed by atoms with E-state index in [4.69, 9.17) is 10.5 Å². The summed E-state index contributed by atoms with van der Waals surface area (Å²) in [5, 5.41) is 3.87. The highest BCUT2D eigenvalue weighted by Crippen LogP contribution is 2.39. The Morgan fingerprint density at radius 2 is 1.95 bits per heavy atom. The Balaban J connectivity index is 1.70. The largest absolute Gasteiger partial charge is 0.375 e. The maximum atomic E-state index is 6.28. The first-order valence-electron chi connectivity index (χ1n) is 8.42. The Labute approximate surface area is 128 Å². The molecule has 21 heavy (non-hydrogen) atoms. The predicted octanol–water partition coefficient (Wildman–Crippen LogP) is 3.46. The lowest BCUT2D eigenvalue weighted by Crippen LogP contribution is -2.47. The number of rotatable bonds is 4. The summed E-state index contributed by atoms with van der Waals surface area (Å²) in [7, 11) is 0. The van der Waals surface area contributed by atoms with Crippen LogP contribution in [0.15, 0.2) is 24.3 Å². The van der Waals surface area contributed by atoms with E-state index in [9.17, 15) is 0 Å². The maximum Gasteiger partial charge on any atom is 0.0692 e. The number of fused-ring (bicyclic) bond motifs is 1. The van der Waals surface area contributed by atoms with Crippen molar-refractivity contribution in [3.8, 4) is 0 Å². The summed E-state index contributed by atoms with van der Waals surface area (Å²) in [6.45, 7) is 5.36. The van der Waals surface area contributed by atoms with E-state index in [2.05, 4.69) is 43.4 Å². The van der Waals surface area contributed by atoms with E-state index in [1.807, 2.05) is 0 Å². The Hall–Kier alpha value is -0.900. The van der Waals surface area contributed by atoms with Gasteiger partial charge in [0.05, 0.1) is 5.60 Å². The highest BCUT2D eigenvalue weighted by Gasteiger charge is 2.37. The maximum absolute atomic E-state index is 6.28. The molecule has 116 valence electrons. The van der Waals surface area contributed by atoms with E-state index >= 15 is 0 Å². The van der Waals surface area contributed by atoms with Crippen molar-refractivity contribution in [2.24, 2.45) is 5.73 Å².